The van der Waals surface area contributed by atoms with Crippen molar-refractivity contribution in [2.75, 3.05) is 13.2 Å². The molecule has 0 saturated heterocycles. The summed E-state index contributed by atoms with van der Waals surface area (Å²) in [5, 5.41) is 23.2. The van der Waals surface area contributed by atoms with Crippen LogP contribution in [-0.4, -0.2) is 47.4 Å². The molecule has 0 bridgehead atoms. The molecule has 6 heteroatoms. The number of aliphatic hydroxyl groups is 2. The Morgan fingerprint density at radius 1 is 0.329 bits per heavy atom. The van der Waals surface area contributed by atoms with Crippen molar-refractivity contribution in [2.45, 2.75) is 431 Å². The first kappa shape index (κ1) is 82.8. The zero-order valence-electron chi connectivity index (χ0n) is 57.4. The van der Waals surface area contributed by atoms with Crippen molar-refractivity contribution >= 4 is 11.9 Å². The van der Waals surface area contributed by atoms with E-state index in [0.29, 0.717) is 19.4 Å². The number of hydrogen-bond donors (Lipinski definition) is 3. The van der Waals surface area contributed by atoms with Crippen LogP contribution in [0.5, 0.6) is 0 Å². The van der Waals surface area contributed by atoms with Gasteiger partial charge in [0.1, 0.15) is 0 Å². The van der Waals surface area contributed by atoms with E-state index >= 15 is 0 Å². The van der Waals surface area contributed by atoms with Crippen LogP contribution < -0.4 is 5.32 Å². The van der Waals surface area contributed by atoms with Crippen molar-refractivity contribution in [1.82, 2.24) is 5.32 Å². The second-order valence-corrected chi connectivity index (χ2v) is 26.3. The highest BCUT2D eigenvalue weighted by Gasteiger charge is 2.18. The second kappa shape index (κ2) is 74.3. The largest absolute Gasteiger partial charge is 0.466 e. The highest BCUT2D eigenvalue weighted by atomic mass is 16.5. The Kier molecular flexibility index (Phi) is 72.4. The van der Waals surface area contributed by atoms with Crippen LogP contribution in [0.3, 0.4) is 0 Å². The topological polar surface area (TPSA) is 95.9 Å². The average molecular weight is 1190 g/mol. The highest BCUT2D eigenvalue weighted by molar-refractivity contribution is 5.76. The summed E-state index contributed by atoms with van der Waals surface area (Å²) in [6, 6.07) is -0.626. The Balaban J connectivity index is 3.37. The van der Waals surface area contributed by atoms with E-state index < -0.39 is 12.1 Å². The molecule has 0 aromatic carbocycles. The highest BCUT2D eigenvalue weighted by Crippen LogP contribution is 2.19. The number of esters is 1. The van der Waals surface area contributed by atoms with Gasteiger partial charge in [-0.25, -0.2) is 0 Å². The Morgan fingerprint density at radius 3 is 0.918 bits per heavy atom. The summed E-state index contributed by atoms with van der Waals surface area (Å²) < 4.78 is 5.48. The number of carbonyl (C=O) groups is 2. The fraction of sp³-hybridized carbons (Fsp3) is 0.873. The number of amides is 1. The summed E-state index contributed by atoms with van der Waals surface area (Å²) in [6.07, 6.45) is 98.0. The molecule has 500 valence electrons. The Morgan fingerprint density at radius 2 is 0.588 bits per heavy atom. The van der Waals surface area contributed by atoms with Crippen LogP contribution in [0.4, 0.5) is 0 Å². The zero-order chi connectivity index (χ0) is 61.3. The van der Waals surface area contributed by atoms with Crippen molar-refractivity contribution in [3.8, 4) is 0 Å². The van der Waals surface area contributed by atoms with Gasteiger partial charge in [-0.05, 0) is 89.9 Å². The Hall–Kier alpha value is -2.18. The molecule has 0 rings (SSSR count). The quantitative estimate of drug-likeness (QED) is 0.0320. The van der Waals surface area contributed by atoms with E-state index in [1.807, 2.05) is 6.08 Å². The molecule has 0 aromatic heterocycles. The van der Waals surface area contributed by atoms with Gasteiger partial charge in [-0.15, -0.1) is 0 Å². The van der Waals surface area contributed by atoms with E-state index in [1.54, 1.807) is 6.08 Å². The lowest BCUT2D eigenvalue weighted by atomic mass is 10.0. The van der Waals surface area contributed by atoms with E-state index in [0.717, 1.165) is 51.4 Å². The third kappa shape index (κ3) is 70.8. The fourth-order valence-electron chi connectivity index (χ4n) is 12.0. The van der Waals surface area contributed by atoms with Crippen molar-refractivity contribution < 1.29 is 24.5 Å². The maximum absolute atomic E-state index is 12.5. The predicted octanol–water partition coefficient (Wildman–Crippen LogP) is 25.2. The number of unbranched alkanes of at least 4 members (excludes halogenated alkanes) is 55. The minimum atomic E-state index is -0.843. The summed E-state index contributed by atoms with van der Waals surface area (Å²) in [6.45, 7) is 4.92. The monoisotopic (exact) mass is 1190 g/mol. The summed E-state index contributed by atoms with van der Waals surface area (Å²) in [5.41, 5.74) is 0. The second-order valence-electron chi connectivity index (χ2n) is 26.3. The smallest absolute Gasteiger partial charge is 0.305 e. The van der Waals surface area contributed by atoms with Gasteiger partial charge in [0.25, 0.3) is 0 Å². The molecule has 2 unspecified atom stereocenters. The van der Waals surface area contributed by atoms with Gasteiger partial charge in [-0.1, -0.05) is 364 Å². The zero-order valence-corrected chi connectivity index (χ0v) is 57.4. The van der Waals surface area contributed by atoms with Crippen molar-refractivity contribution in [1.29, 1.82) is 0 Å². The molecule has 3 N–H and O–H groups in total. The minimum absolute atomic E-state index is 0.0111. The number of nitrogens with one attached hydrogen (secondary N) is 1. The standard InChI is InChI=1S/C79H149NO5/c1-3-5-7-9-11-13-15-17-18-44-48-51-55-59-63-67-71-77(82)76(75-81)80-78(83)72-68-64-60-56-52-49-45-42-40-38-36-34-32-30-28-26-24-22-20-19-21-23-25-27-29-31-33-35-37-39-41-43-46-50-54-58-62-66-70-74-85-79(84)73-69-65-61-57-53-47-16-14-12-10-8-6-4-2/h14,16,19-20,23,25,67,71,76-77,81-82H,3-13,15,17-18,21-22,24,26-66,68-70,72-75H2,1-2H3,(H,80,83)/b16-14-,20-19-,25-23-,71-67+. The maximum atomic E-state index is 12.5. The Labute approximate surface area is 531 Å². The molecular weight excluding hydrogens is 1040 g/mol. The Bertz CT molecular complexity index is 1420. The third-order valence-electron chi connectivity index (χ3n) is 17.8. The minimum Gasteiger partial charge on any atom is -0.466 e. The number of ether oxygens (including phenoxy) is 1. The van der Waals surface area contributed by atoms with Gasteiger partial charge in [0, 0.05) is 12.8 Å². The number of rotatable bonds is 72. The first-order valence-electron chi connectivity index (χ1n) is 38.4. The molecule has 1 amide bonds. The number of carbonyl (C=O) groups excluding carboxylic acids is 2. The lowest BCUT2D eigenvalue weighted by Crippen LogP contribution is -2.45. The van der Waals surface area contributed by atoms with Crippen LogP contribution in [0.15, 0.2) is 48.6 Å². The van der Waals surface area contributed by atoms with Gasteiger partial charge in [0.2, 0.25) is 5.91 Å². The van der Waals surface area contributed by atoms with Gasteiger partial charge in [-0.3, -0.25) is 9.59 Å². The average Bonchev–Trinajstić information content (AvgIpc) is 3.51. The lowest BCUT2D eigenvalue weighted by molar-refractivity contribution is -0.143. The van der Waals surface area contributed by atoms with Crippen LogP contribution in [0.25, 0.3) is 0 Å². The normalized spacial score (nSPS) is 12.8. The predicted molar refractivity (Wildman–Crippen MR) is 375 cm³/mol. The summed E-state index contributed by atoms with van der Waals surface area (Å²) in [7, 11) is 0. The van der Waals surface area contributed by atoms with E-state index in [-0.39, 0.29) is 18.5 Å². The van der Waals surface area contributed by atoms with E-state index in [9.17, 15) is 19.8 Å². The summed E-state index contributed by atoms with van der Waals surface area (Å²) >= 11 is 0. The van der Waals surface area contributed by atoms with E-state index in [1.165, 1.54) is 340 Å². The molecule has 2 atom stereocenters. The van der Waals surface area contributed by atoms with Gasteiger partial charge >= 0.3 is 5.97 Å². The SMILES string of the molecule is CCCCCC/C=C\CCCCCCCC(=O)OCCCCCCCCCCCCCCCCC/C=C\C/C=C\CCCCCCCCCCCCCCCCCCCC(=O)NC(CO)C(O)/C=C/CCCCCCCCCCCCCCCC. The van der Waals surface area contributed by atoms with Crippen molar-refractivity contribution in [3.63, 3.8) is 0 Å². The lowest BCUT2D eigenvalue weighted by Gasteiger charge is -2.20. The van der Waals surface area contributed by atoms with Gasteiger partial charge in [-0.2, -0.15) is 0 Å². The third-order valence-corrected chi connectivity index (χ3v) is 17.8. The molecule has 0 radical (unpaired) electrons. The molecule has 6 nitrogen and oxygen atoms in total. The number of allylic oxidation sites excluding steroid dienone is 7. The molecule has 0 aliphatic carbocycles. The van der Waals surface area contributed by atoms with Crippen LogP contribution in [0, 0.1) is 0 Å². The molecular formula is C79H149NO5. The first-order valence-corrected chi connectivity index (χ1v) is 38.4. The van der Waals surface area contributed by atoms with E-state index in [4.69, 9.17) is 4.74 Å². The molecule has 0 aromatic rings. The van der Waals surface area contributed by atoms with Gasteiger partial charge < -0.3 is 20.3 Å². The van der Waals surface area contributed by atoms with Crippen molar-refractivity contribution in [2.24, 2.45) is 0 Å². The van der Waals surface area contributed by atoms with Crippen LogP contribution in [-0.2, 0) is 14.3 Å². The molecule has 0 fully saturated rings. The molecule has 85 heavy (non-hydrogen) atoms. The van der Waals surface area contributed by atoms with Gasteiger partial charge in [0.15, 0.2) is 0 Å². The molecule has 0 heterocycles. The molecule has 0 aliphatic heterocycles. The number of hydrogen-bond acceptors (Lipinski definition) is 5. The van der Waals surface area contributed by atoms with Crippen LogP contribution >= 0.6 is 0 Å². The van der Waals surface area contributed by atoms with E-state index in [2.05, 4.69) is 55.6 Å². The molecule has 0 spiro atoms. The van der Waals surface area contributed by atoms with Crippen molar-refractivity contribution in [3.05, 3.63) is 48.6 Å². The fourth-order valence-corrected chi connectivity index (χ4v) is 12.0. The summed E-state index contributed by atoms with van der Waals surface area (Å²) in [5.74, 6) is -0.0512. The molecule has 0 aliphatic rings. The van der Waals surface area contributed by atoms with Gasteiger partial charge in [0.05, 0.1) is 25.4 Å². The van der Waals surface area contributed by atoms with Crippen LogP contribution in [0.1, 0.15) is 418 Å². The first-order chi connectivity index (χ1) is 42.0. The van der Waals surface area contributed by atoms with Crippen LogP contribution in [0.2, 0.25) is 0 Å². The summed E-state index contributed by atoms with van der Waals surface area (Å²) in [4.78, 5) is 24.6. The maximum Gasteiger partial charge on any atom is 0.305 e. The molecule has 0 saturated carbocycles. The number of aliphatic hydroxyl groups excluding tert-OH is 2.